The fraction of sp³-hybridized carbons (Fsp3) is 0.421. The summed E-state index contributed by atoms with van der Waals surface area (Å²) in [6, 6.07) is 1.93. The highest BCUT2D eigenvalue weighted by atomic mass is 16.1. The molecule has 7 heteroatoms. The number of hydrogen-bond donors (Lipinski definition) is 0. The smallest absolute Gasteiger partial charge is 0.163 e. The number of pyridine rings is 1. The van der Waals surface area contributed by atoms with E-state index in [1.807, 2.05) is 42.4 Å². The minimum Gasteiger partial charge on any atom is -0.294 e. The molecule has 0 aliphatic heterocycles. The molecule has 0 spiro atoms. The fourth-order valence-electron chi connectivity index (χ4n) is 3.10. The van der Waals surface area contributed by atoms with Crippen LogP contribution < -0.4 is 0 Å². The molecule has 3 heterocycles. The summed E-state index contributed by atoms with van der Waals surface area (Å²) in [6.07, 6.45) is 3.56. The Morgan fingerprint density at radius 3 is 2.50 bits per heavy atom. The molecule has 0 saturated heterocycles. The van der Waals surface area contributed by atoms with Gasteiger partial charge in [-0.25, -0.2) is 9.67 Å². The maximum Gasteiger partial charge on any atom is 0.163 e. The highest BCUT2D eigenvalue weighted by Gasteiger charge is 2.20. The van der Waals surface area contributed by atoms with Crippen LogP contribution in [-0.4, -0.2) is 35.3 Å². The van der Waals surface area contributed by atoms with E-state index in [-0.39, 0.29) is 11.7 Å². The van der Waals surface area contributed by atoms with Gasteiger partial charge in [-0.15, -0.1) is 0 Å². The molecule has 0 atom stereocenters. The van der Waals surface area contributed by atoms with Crippen molar-refractivity contribution in [1.29, 1.82) is 0 Å². The normalized spacial score (nSPS) is 11.3. The summed E-state index contributed by atoms with van der Waals surface area (Å²) in [7, 11) is 0. The van der Waals surface area contributed by atoms with Gasteiger partial charge < -0.3 is 0 Å². The van der Waals surface area contributed by atoms with Crippen molar-refractivity contribution in [1.82, 2.24) is 29.5 Å². The zero-order chi connectivity index (χ0) is 19.0. The van der Waals surface area contributed by atoms with Gasteiger partial charge in [0.1, 0.15) is 6.54 Å². The quantitative estimate of drug-likeness (QED) is 0.659. The second-order valence-electron chi connectivity index (χ2n) is 6.87. The van der Waals surface area contributed by atoms with Gasteiger partial charge in [0.2, 0.25) is 0 Å². The molecule has 0 aromatic carbocycles. The largest absolute Gasteiger partial charge is 0.294 e. The predicted octanol–water partition coefficient (Wildman–Crippen LogP) is 3.16. The van der Waals surface area contributed by atoms with Crippen LogP contribution in [0, 0.1) is 20.8 Å². The molecule has 26 heavy (non-hydrogen) atoms. The van der Waals surface area contributed by atoms with Crippen LogP contribution in [0.3, 0.4) is 0 Å². The van der Waals surface area contributed by atoms with Gasteiger partial charge in [-0.2, -0.15) is 10.2 Å². The molecule has 0 amide bonds. The molecule has 0 unspecified atom stereocenters. The summed E-state index contributed by atoms with van der Waals surface area (Å²) in [5.74, 6) is 1.80. The summed E-state index contributed by atoms with van der Waals surface area (Å²) in [6.45, 7) is 11.9. The number of Topliss-reactive ketones (excluding diaryl/α,β-unsaturated/α-hetero) is 1. The summed E-state index contributed by atoms with van der Waals surface area (Å²) in [4.78, 5) is 20.8. The summed E-state index contributed by atoms with van der Waals surface area (Å²) in [5, 5.41) is 9.24. The van der Waals surface area contributed by atoms with Gasteiger partial charge in [0, 0.05) is 24.0 Å². The van der Waals surface area contributed by atoms with Crippen molar-refractivity contribution in [3.8, 4) is 5.69 Å². The van der Waals surface area contributed by atoms with Crippen LogP contribution in [-0.2, 0) is 6.54 Å². The van der Waals surface area contributed by atoms with E-state index in [9.17, 15) is 4.79 Å². The van der Waals surface area contributed by atoms with Crippen LogP contribution in [0.1, 0.15) is 65.6 Å². The van der Waals surface area contributed by atoms with Crippen LogP contribution >= 0.6 is 0 Å². The third-order valence-electron chi connectivity index (χ3n) is 4.45. The first kappa shape index (κ1) is 18.0. The SMILES string of the molecule is CC(=O)c1c(C)nn(Cc2nc(C(C)C)nn2-c2ccncc2C)c1C. The molecule has 0 aliphatic carbocycles. The van der Waals surface area contributed by atoms with Crippen molar-refractivity contribution in [2.24, 2.45) is 0 Å². The second kappa shape index (κ2) is 6.82. The Morgan fingerprint density at radius 1 is 1.19 bits per heavy atom. The van der Waals surface area contributed by atoms with Gasteiger partial charge >= 0.3 is 0 Å². The topological polar surface area (TPSA) is 78.5 Å². The molecule has 0 saturated carbocycles. The Labute approximate surface area is 153 Å². The molecular weight excluding hydrogens is 328 g/mol. The minimum absolute atomic E-state index is 0.0283. The van der Waals surface area contributed by atoms with Crippen LogP contribution in [0.15, 0.2) is 18.5 Å². The van der Waals surface area contributed by atoms with Gasteiger partial charge in [-0.3, -0.25) is 14.5 Å². The van der Waals surface area contributed by atoms with Crippen molar-refractivity contribution < 1.29 is 4.79 Å². The second-order valence-corrected chi connectivity index (χ2v) is 6.87. The molecule has 7 nitrogen and oxygen atoms in total. The maximum absolute atomic E-state index is 11.9. The molecule has 3 rings (SSSR count). The van der Waals surface area contributed by atoms with Gasteiger partial charge in [0.25, 0.3) is 0 Å². The van der Waals surface area contributed by atoms with E-state index < -0.39 is 0 Å². The van der Waals surface area contributed by atoms with Gasteiger partial charge in [-0.1, -0.05) is 13.8 Å². The average Bonchev–Trinajstić information content (AvgIpc) is 3.10. The number of carbonyl (C=O) groups is 1. The lowest BCUT2D eigenvalue weighted by molar-refractivity contribution is 0.101. The Bertz CT molecular complexity index is 967. The molecule has 0 fully saturated rings. The molecule has 0 bridgehead atoms. The Balaban J connectivity index is 2.10. The Kier molecular flexibility index (Phi) is 4.71. The lowest BCUT2D eigenvalue weighted by atomic mass is 10.1. The van der Waals surface area contributed by atoms with Crippen molar-refractivity contribution in [3.63, 3.8) is 0 Å². The van der Waals surface area contributed by atoms with Gasteiger partial charge in [0.15, 0.2) is 17.4 Å². The fourth-order valence-corrected chi connectivity index (χ4v) is 3.10. The number of nitrogens with zero attached hydrogens (tertiary/aromatic N) is 6. The van der Waals surface area contributed by atoms with E-state index in [1.54, 1.807) is 13.1 Å². The van der Waals surface area contributed by atoms with Crippen LogP contribution in [0.5, 0.6) is 0 Å². The first-order chi connectivity index (χ1) is 12.3. The zero-order valence-electron chi connectivity index (χ0n) is 16.1. The molecule has 136 valence electrons. The van der Waals surface area contributed by atoms with Crippen LogP contribution in [0.2, 0.25) is 0 Å². The predicted molar refractivity (Wildman–Crippen MR) is 98.8 cm³/mol. The molecule has 0 aliphatic rings. The minimum atomic E-state index is 0.0283. The first-order valence-corrected chi connectivity index (χ1v) is 8.71. The van der Waals surface area contributed by atoms with Crippen LogP contribution in [0.25, 0.3) is 5.69 Å². The molecule has 0 N–H and O–H groups in total. The molecule has 0 radical (unpaired) electrons. The lowest BCUT2D eigenvalue weighted by Crippen LogP contribution is -2.12. The van der Waals surface area contributed by atoms with E-state index in [2.05, 4.69) is 23.9 Å². The number of aromatic nitrogens is 6. The molecular formula is C19H24N6O. The number of ketones is 1. The van der Waals surface area contributed by atoms with Crippen molar-refractivity contribution in [2.75, 3.05) is 0 Å². The monoisotopic (exact) mass is 352 g/mol. The van der Waals surface area contributed by atoms with E-state index in [0.29, 0.717) is 12.1 Å². The number of carbonyl (C=O) groups excluding carboxylic acids is 1. The van der Waals surface area contributed by atoms with Crippen molar-refractivity contribution in [2.45, 2.75) is 54.0 Å². The molecule has 3 aromatic rings. The maximum atomic E-state index is 11.9. The van der Waals surface area contributed by atoms with Crippen molar-refractivity contribution in [3.05, 3.63) is 52.6 Å². The lowest BCUT2D eigenvalue weighted by Gasteiger charge is -2.09. The van der Waals surface area contributed by atoms with Crippen LogP contribution in [0.4, 0.5) is 0 Å². The highest BCUT2D eigenvalue weighted by molar-refractivity contribution is 5.96. The summed E-state index contributed by atoms with van der Waals surface area (Å²) >= 11 is 0. The number of hydrogen-bond acceptors (Lipinski definition) is 5. The van der Waals surface area contributed by atoms with E-state index in [0.717, 1.165) is 34.3 Å². The van der Waals surface area contributed by atoms with E-state index >= 15 is 0 Å². The van der Waals surface area contributed by atoms with Crippen molar-refractivity contribution >= 4 is 5.78 Å². The third kappa shape index (κ3) is 3.16. The van der Waals surface area contributed by atoms with E-state index in [4.69, 9.17) is 10.1 Å². The summed E-state index contributed by atoms with van der Waals surface area (Å²) in [5.41, 5.74) is 4.24. The summed E-state index contributed by atoms with van der Waals surface area (Å²) < 4.78 is 3.68. The van der Waals surface area contributed by atoms with Gasteiger partial charge in [-0.05, 0) is 39.3 Å². The highest BCUT2D eigenvalue weighted by Crippen LogP contribution is 2.20. The van der Waals surface area contributed by atoms with Gasteiger partial charge in [0.05, 0.1) is 16.9 Å². The number of rotatable bonds is 5. The zero-order valence-corrected chi connectivity index (χ0v) is 16.1. The Hall–Kier alpha value is -2.83. The first-order valence-electron chi connectivity index (χ1n) is 8.71. The average molecular weight is 352 g/mol. The van der Waals surface area contributed by atoms with E-state index in [1.165, 1.54) is 0 Å². The third-order valence-corrected chi connectivity index (χ3v) is 4.45. The number of aryl methyl sites for hydroxylation is 2. The standard InChI is InChI=1S/C19H24N6O/c1-11(2)19-21-17(25(23-19)16-7-8-20-9-12(16)3)10-24-14(5)18(15(6)26)13(4)22-24/h7-9,11H,10H2,1-6H3. The Morgan fingerprint density at radius 2 is 1.92 bits per heavy atom. The molecule has 3 aromatic heterocycles.